The summed E-state index contributed by atoms with van der Waals surface area (Å²) in [6.45, 7) is 1.94. The van der Waals surface area contributed by atoms with Gasteiger partial charge in [-0.2, -0.15) is 0 Å². The maximum absolute atomic E-state index is 12.8. The number of ether oxygens (including phenoxy) is 1. The van der Waals surface area contributed by atoms with Crippen molar-refractivity contribution in [3.8, 4) is 11.4 Å². The summed E-state index contributed by atoms with van der Waals surface area (Å²) in [6, 6.07) is 8.08. The fourth-order valence-corrected chi connectivity index (χ4v) is 4.33. The molecule has 6 nitrogen and oxygen atoms in total. The maximum atomic E-state index is 12.8. The first-order valence-corrected chi connectivity index (χ1v) is 9.96. The van der Waals surface area contributed by atoms with Gasteiger partial charge in [0.2, 0.25) is 5.91 Å². The molecule has 3 rings (SSSR count). The molecule has 1 aliphatic carbocycles. The lowest BCUT2D eigenvalue weighted by Crippen LogP contribution is -2.42. The van der Waals surface area contributed by atoms with Crippen LogP contribution in [0.25, 0.3) is 5.69 Å². The number of aromatic nitrogens is 3. The zero-order valence-corrected chi connectivity index (χ0v) is 16.4. The number of methoxy groups -OCH3 is 1. The quantitative estimate of drug-likeness (QED) is 0.724. The fraction of sp³-hybridized carbons (Fsp3) is 0.526. The third-order valence-electron chi connectivity index (χ3n) is 4.95. The van der Waals surface area contributed by atoms with E-state index >= 15 is 0 Å². The molecule has 1 aliphatic rings. The number of hydrogen-bond acceptors (Lipinski definition) is 5. The van der Waals surface area contributed by atoms with Crippen molar-refractivity contribution in [1.82, 2.24) is 19.7 Å². The molecule has 7 heteroatoms. The molecule has 1 aromatic carbocycles. The van der Waals surface area contributed by atoms with Gasteiger partial charge in [0, 0.05) is 19.2 Å². The molecule has 1 aromatic heterocycles. The Kier molecular flexibility index (Phi) is 6.19. The summed E-state index contributed by atoms with van der Waals surface area (Å²) >= 11 is 1.44. The van der Waals surface area contributed by atoms with E-state index < -0.39 is 0 Å². The highest BCUT2D eigenvalue weighted by molar-refractivity contribution is 8.00. The van der Waals surface area contributed by atoms with Crippen molar-refractivity contribution in [3.05, 3.63) is 30.6 Å². The van der Waals surface area contributed by atoms with Crippen molar-refractivity contribution in [1.29, 1.82) is 0 Å². The number of hydrogen-bond donors (Lipinski definition) is 0. The Morgan fingerprint density at radius 2 is 2.12 bits per heavy atom. The first kappa shape index (κ1) is 18.8. The highest BCUT2D eigenvalue weighted by atomic mass is 32.2. The van der Waals surface area contributed by atoms with E-state index in [4.69, 9.17) is 4.74 Å². The Balaban J connectivity index is 1.70. The van der Waals surface area contributed by atoms with Crippen LogP contribution in [0.3, 0.4) is 0 Å². The topological polar surface area (TPSA) is 60.2 Å². The molecule has 0 spiro atoms. The smallest absolute Gasteiger partial charge is 0.235 e. The van der Waals surface area contributed by atoms with Crippen molar-refractivity contribution in [2.24, 2.45) is 0 Å². The minimum atomic E-state index is -0.213. The molecule has 0 bridgehead atoms. The number of rotatable bonds is 6. The molecular weight excluding hydrogens is 348 g/mol. The summed E-state index contributed by atoms with van der Waals surface area (Å²) in [7, 11) is 3.57. The van der Waals surface area contributed by atoms with Gasteiger partial charge >= 0.3 is 0 Å². The average Bonchev–Trinajstić information content (AvgIpc) is 3.15. The van der Waals surface area contributed by atoms with Gasteiger partial charge in [0.25, 0.3) is 0 Å². The van der Waals surface area contributed by atoms with E-state index in [1.807, 2.05) is 47.7 Å². The number of carbonyl (C=O) groups excluding carboxylic acids is 1. The van der Waals surface area contributed by atoms with E-state index in [1.165, 1.54) is 31.0 Å². The molecule has 1 unspecified atom stereocenters. The molecular formula is C19H26N4O2S. The summed E-state index contributed by atoms with van der Waals surface area (Å²) in [4.78, 5) is 14.8. The fourth-order valence-electron chi connectivity index (χ4n) is 3.39. The monoisotopic (exact) mass is 374 g/mol. The van der Waals surface area contributed by atoms with Crippen LogP contribution in [0.15, 0.2) is 35.7 Å². The maximum Gasteiger partial charge on any atom is 0.235 e. The van der Waals surface area contributed by atoms with Crippen LogP contribution in [-0.4, -0.2) is 51.0 Å². The lowest BCUT2D eigenvalue weighted by molar-refractivity contribution is -0.131. The summed E-state index contributed by atoms with van der Waals surface area (Å²) in [5.41, 5.74) is 0.914. The standard InChI is InChI=1S/C19H26N4O2S/c1-14(18(24)22(2)15-8-5-4-6-9-15)26-19-21-20-13-23(19)16-10-7-11-17(12-16)25-3/h7,10-15H,4-6,8-9H2,1-3H3. The van der Waals surface area contributed by atoms with Gasteiger partial charge in [0.1, 0.15) is 12.1 Å². The van der Waals surface area contributed by atoms with Crippen LogP contribution in [0.5, 0.6) is 5.75 Å². The van der Waals surface area contributed by atoms with Crippen LogP contribution in [0.2, 0.25) is 0 Å². The number of benzene rings is 1. The highest BCUT2D eigenvalue weighted by Gasteiger charge is 2.27. The summed E-state index contributed by atoms with van der Waals surface area (Å²) in [5.74, 6) is 0.926. The number of amides is 1. The molecule has 26 heavy (non-hydrogen) atoms. The second kappa shape index (κ2) is 8.58. The minimum Gasteiger partial charge on any atom is -0.497 e. The Labute approximate surface area is 158 Å². The highest BCUT2D eigenvalue weighted by Crippen LogP contribution is 2.28. The van der Waals surface area contributed by atoms with Crippen LogP contribution in [0.4, 0.5) is 0 Å². The van der Waals surface area contributed by atoms with E-state index in [9.17, 15) is 4.79 Å². The number of thioether (sulfide) groups is 1. The van der Waals surface area contributed by atoms with Crippen molar-refractivity contribution < 1.29 is 9.53 Å². The lowest BCUT2D eigenvalue weighted by Gasteiger charge is -2.32. The second-order valence-corrected chi connectivity index (χ2v) is 7.99. The van der Waals surface area contributed by atoms with Crippen LogP contribution in [0, 0.1) is 0 Å². The SMILES string of the molecule is COc1cccc(-n2cnnc2SC(C)C(=O)N(C)C2CCCCC2)c1. The van der Waals surface area contributed by atoms with Crippen molar-refractivity contribution >= 4 is 17.7 Å². The first-order valence-electron chi connectivity index (χ1n) is 9.08. The molecule has 0 radical (unpaired) electrons. The van der Waals surface area contributed by atoms with Crippen LogP contribution >= 0.6 is 11.8 Å². The van der Waals surface area contributed by atoms with Crippen LogP contribution in [-0.2, 0) is 4.79 Å². The minimum absolute atomic E-state index is 0.155. The number of nitrogens with zero attached hydrogens (tertiary/aromatic N) is 4. The zero-order valence-electron chi connectivity index (χ0n) is 15.6. The van der Waals surface area contributed by atoms with Crippen LogP contribution in [0.1, 0.15) is 39.0 Å². The second-order valence-electron chi connectivity index (χ2n) is 6.69. The van der Waals surface area contributed by atoms with E-state index in [-0.39, 0.29) is 11.2 Å². The Morgan fingerprint density at radius 1 is 1.35 bits per heavy atom. The molecule has 0 N–H and O–H groups in total. The predicted octanol–water partition coefficient (Wildman–Crippen LogP) is 3.55. The van der Waals surface area contributed by atoms with Gasteiger partial charge in [0.15, 0.2) is 5.16 Å². The van der Waals surface area contributed by atoms with Crippen molar-refractivity contribution in [2.45, 2.75) is 55.5 Å². The van der Waals surface area contributed by atoms with E-state index in [2.05, 4.69) is 10.2 Å². The van der Waals surface area contributed by atoms with E-state index in [0.29, 0.717) is 11.2 Å². The van der Waals surface area contributed by atoms with Gasteiger partial charge in [-0.1, -0.05) is 37.1 Å². The largest absolute Gasteiger partial charge is 0.497 e. The molecule has 2 aromatic rings. The zero-order chi connectivity index (χ0) is 18.5. The first-order chi connectivity index (χ1) is 12.6. The van der Waals surface area contributed by atoms with Gasteiger partial charge in [-0.05, 0) is 31.9 Å². The summed E-state index contributed by atoms with van der Waals surface area (Å²) < 4.78 is 7.18. The lowest BCUT2D eigenvalue weighted by atomic mass is 9.94. The van der Waals surface area contributed by atoms with Gasteiger partial charge in [-0.25, -0.2) is 0 Å². The summed E-state index contributed by atoms with van der Waals surface area (Å²) in [6.07, 6.45) is 7.60. The third kappa shape index (κ3) is 4.20. The molecule has 1 saturated carbocycles. The van der Waals surface area contributed by atoms with Gasteiger partial charge in [-0.15, -0.1) is 10.2 Å². The van der Waals surface area contributed by atoms with E-state index in [1.54, 1.807) is 13.4 Å². The predicted molar refractivity (Wildman–Crippen MR) is 103 cm³/mol. The Morgan fingerprint density at radius 3 is 2.85 bits per heavy atom. The van der Waals surface area contributed by atoms with Crippen molar-refractivity contribution in [2.75, 3.05) is 14.2 Å². The number of carbonyl (C=O) groups is 1. The van der Waals surface area contributed by atoms with Crippen LogP contribution < -0.4 is 4.74 Å². The summed E-state index contributed by atoms with van der Waals surface area (Å²) in [5, 5.41) is 8.73. The van der Waals surface area contributed by atoms with E-state index in [0.717, 1.165) is 24.3 Å². The molecule has 1 amide bonds. The Hall–Kier alpha value is -2.02. The third-order valence-corrected chi connectivity index (χ3v) is 5.99. The average molecular weight is 375 g/mol. The Bertz CT molecular complexity index is 743. The van der Waals surface area contributed by atoms with Crippen molar-refractivity contribution in [3.63, 3.8) is 0 Å². The molecule has 1 fully saturated rings. The molecule has 140 valence electrons. The van der Waals surface area contributed by atoms with Gasteiger partial charge in [-0.3, -0.25) is 9.36 Å². The van der Waals surface area contributed by atoms with Gasteiger partial charge < -0.3 is 9.64 Å². The van der Waals surface area contributed by atoms with Gasteiger partial charge in [0.05, 0.1) is 18.0 Å². The molecule has 0 aliphatic heterocycles. The molecule has 1 heterocycles. The molecule has 1 atom stereocenters. The normalized spacial score (nSPS) is 16.3. The molecule has 0 saturated heterocycles.